The molecule has 1 unspecified atom stereocenters. The molecule has 0 saturated heterocycles. The zero-order valence-corrected chi connectivity index (χ0v) is 12.0. The summed E-state index contributed by atoms with van der Waals surface area (Å²) in [6, 6.07) is 0.470. The van der Waals surface area contributed by atoms with Crippen LogP contribution in [0.4, 0.5) is 0 Å². The van der Waals surface area contributed by atoms with Crippen LogP contribution in [0, 0.1) is 18.8 Å². The molecule has 96 valence electrons. The summed E-state index contributed by atoms with van der Waals surface area (Å²) in [6.07, 6.45) is 6.89. The Morgan fingerprint density at radius 2 is 2.12 bits per heavy atom. The SMILES string of the molecule is CCC1CCC(C(NC)c2csc(C)n2)CC1. The fraction of sp³-hybridized carbons (Fsp3) is 0.786. The fourth-order valence-electron chi connectivity index (χ4n) is 3.08. The first-order valence-corrected chi connectivity index (χ1v) is 7.71. The predicted octanol–water partition coefficient (Wildman–Crippen LogP) is 3.93. The highest BCUT2D eigenvalue weighted by molar-refractivity contribution is 7.09. The molecule has 3 heteroatoms. The van der Waals surface area contributed by atoms with Crippen LogP contribution in [0.5, 0.6) is 0 Å². The van der Waals surface area contributed by atoms with E-state index in [0.717, 1.165) is 11.8 Å². The van der Waals surface area contributed by atoms with Crippen molar-refractivity contribution in [1.82, 2.24) is 10.3 Å². The van der Waals surface area contributed by atoms with Crippen molar-refractivity contribution in [2.75, 3.05) is 7.05 Å². The average Bonchev–Trinajstić information content (AvgIpc) is 2.78. The van der Waals surface area contributed by atoms with Crippen LogP contribution in [0.3, 0.4) is 0 Å². The first-order chi connectivity index (χ1) is 8.24. The monoisotopic (exact) mass is 252 g/mol. The molecule has 0 radical (unpaired) electrons. The van der Waals surface area contributed by atoms with Crippen molar-refractivity contribution in [3.8, 4) is 0 Å². The zero-order valence-electron chi connectivity index (χ0n) is 11.2. The normalized spacial score (nSPS) is 27.0. The van der Waals surface area contributed by atoms with E-state index in [-0.39, 0.29) is 0 Å². The second-order valence-corrected chi connectivity index (χ2v) is 6.31. The van der Waals surface area contributed by atoms with Gasteiger partial charge < -0.3 is 5.32 Å². The maximum absolute atomic E-state index is 4.65. The van der Waals surface area contributed by atoms with Crippen molar-refractivity contribution in [2.45, 2.75) is 52.0 Å². The highest BCUT2D eigenvalue weighted by atomic mass is 32.1. The van der Waals surface area contributed by atoms with Crippen molar-refractivity contribution >= 4 is 11.3 Å². The van der Waals surface area contributed by atoms with E-state index in [1.54, 1.807) is 11.3 Å². The molecule has 2 nitrogen and oxygen atoms in total. The van der Waals surface area contributed by atoms with Crippen molar-refractivity contribution in [2.24, 2.45) is 11.8 Å². The Kier molecular flexibility index (Phi) is 4.57. The molecule has 1 aliphatic rings. The summed E-state index contributed by atoms with van der Waals surface area (Å²) in [6.45, 7) is 4.42. The molecule has 1 aromatic heterocycles. The second kappa shape index (κ2) is 5.96. The topological polar surface area (TPSA) is 24.9 Å². The van der Waals surface area contributed by atoms with Gasteiger partial charge >= 0.3 is 0 Å². The maximum atomic E-state index is 4.65. The van der Waals surface area contributed by atoms with Gasteiger partial charge in [-0.2, -0.15) is 0 Å². The minimum atomic E-state index is 0.470. The summed E-state index contributed by atoms with van der Waals surface area (Å²) < 4.78 is 0. The third-order valence-electron chi connectivity index (χ3n) is 4.21. The number of nitrogens with one attached hydrogen (secondary N) is 1. The summed E-state index contributed by atoms with van der Waals surface area (Å²) in [5.41, 5.74) is 1.26. The number of hydrogen-bond donors (Lipinski definition) is 1. The van der Waals surface area contributed by atoms with Crippen LogP contribution < -0.4 is 5.32 Å². The van der Waals surface area contributed by atoms with Gasteiger partial charge in [0, 0.05) is 5.38 Å². The van der Waals surface area contributed by atoms with E-state index in [4.69, 9.17) is 0 Å². The van der Waals surface area contributed by atoms with E-state index in [1.165, 1.54) is 42.8 Å². The van der Waals surface area contributed by atoms with Gasteiger partial charge in [-0.05, 0) is 38.6 Å². The van der Waals surface area contributed by atoms with Crippen LogP contribution in [0.15, 0.2) is 5.38 Å². The van der Waals surface area contributed by atoms with E-state index in [1.807, 2.05) is 0 Å². The third-order valence-corrected chi connectivity index (χ3v) is 5.00. The molecule has 1 fully saturated rings. The van der Waals surface area contributed by atoms with Gasteiger partial charge in [0.05, 0.1) is 16.7 Å². The van der Waals surface area contributed by atoms with Gasteiger partial charge in [0.2, 0.25) is 0 Å². The van der Waals surface area contributed by atoms with Crippen LogP contribution in [0.25, 0.3) is 0 Å². The Bertz CT molecular complexity index is 340. The maximum Gasteiger partial charge on any atom is 0.0898 e. The summed E-state index contributed by atoms with van der Waals surface area (Å²) in [7, 11) is 2.07. The second-order valence-electron chi connectivity index (χ2n) is 5.25. The smallest absolute Gasteiger partial charge is 0.0898 e. The molecule has 0 spiro atoms. The molecule has 0 amide bonds. The van der Waals surface area contributed by atoms with E-state index >= 15 is 0 Å². The number of nitrogens with zero attached hydrogens (tertiary/aromatic N) is 1. The Labute approximate surface area is 109 Å². The highest BCUT2D eigenvalue weighted by Gasteiger charge is 2.28. The van der Waals surface area contributed by atoms with Gasteiger partial charge in [-0.25, -0.2) is 4.98 Å². The minimum absolute atomic E-state index is 0.470. The van der Waals surface area contributed by atoms with Crippen LogP contribution in [-0.4, -0.2) is 12.0 Å². The highest BCUT2D eigenvalue weighted by Crippen LogP contribution is 2.37. The van der Waals surface area contributed by atoms with E-state index in [9.17, 15) is 0 Å². The number of aryl methyl sites for hydroxylation is 1. The van der Waals surface area contributed by atoms with Crippen LogP contribution >= 0.6 is 11.3 Å². The largest absolute Gasteiger partial charge is 0.311 e. The van der Waals surface area contributed by atoms with Gasteiger partial charge in [-0.3, -0.25) is 0 Å². The zero-order chi connectivity index (χ0) is 12.3. The molecule has 17 heavy (non-hydrogen) atoms. The van der Waals surface area contributed by atoms with E-state index < -0.39 is 0 Å². The molecule has 0 aliphatic heterocycles. The lowest BCUT2D eigenvalue weighted by Crippen LogP contribution is -2.29. The fourth-order valence-corrected chi connectivity index (χ4v) is 3.73. The summed E-state index contributed by atoms with van der Waals surface area (Å²) in [5.74, 6) is 1.75. The Balaban J connectivity index is 2.00. The number of thiazole rings is 1. The van der Waals surface area contributed by atoms with E-state index in [2.05, 4.69) is 36.6 Å². The number of hydrogen-bond acceptors (Lipinski definition) is 3. The molecule has 2 rings (SSSR count). The molecule has 0 aromatic carbocycles. The van der Waals surface area contributed by atoms with Crippen molar-refractivity contribution in [3.63, 3.8) is 0 Å². The van der Waals surface area contributed by atoms with Crippen LogP contribution in [-0.2, 0) is 0 Å². The first-order valence-electron chi connectivity index (χ1n) is 6.83. The lowest BCUT2D eigenvalue weighted by molar-refractivity contribution is 0.222. The molecule has 1 N–H and O–H groups in total. The molecule has 1 aromatic rings. The Morgan fingerprint density at radius 1 is 1.41 bits per heavy atom. The number of rotatable bonds is 4. The quantitative estimate of drug-likeness (QED) is 0.878. The molecular formula is C14H24N2S. The van der Waals surface area contributed by atoms with E-state index in [0.29, 0.717) is 6.04 Å². The Morgan fingerprint density at radius 3 is 2.59 bits per heavy atom. The van der Waals surface area contributed by atoms with Gasteiger partial charge in [0.25, 0.3) is 0 Å². The molecule has 1 atom stereocenters. The van der Waals surface area contributed by atoms with Crippen LogP contribution in [0.2, 0.25) is 0 Å². The summed E-state index contributed by atoms with van der Waals surface area (Å²) in [4.78, 5) is 4.65. The van der Waals surface area contributed by atoms with Crippen molar-refractivity contribution in [3.05, 3.63) is 16.1 Å². The Hall–Kier alpha value is -0.410. The molecule has 1 aliphatic carbocycles. The van der Waals surface area contributed by atoms with Gasteiger partial charge in [-0.15, -0.1) is 11.3 Å². The van der Waals surface area contributed by atoms with Crippen molar-refractivity contribution in [1.29, 1.82) is 0 Å². The number of aromatic nitrogens is 1. The third kappa shape index (κ3) is 3.08. The molecule has 1 saturated carbocycles. The van der Waals surface area contributed by atoms with Crippen LogP contribution in [0.1, 0.15) is 55.8 Å². The van der Waals surface area contributed by atoms with Gasteiger partial charge in [0.15, 0.2) is 0 Å². The summed E-state index contributed by atoms with van der Waals surface area (Å²) >= 11 is 1.77. The van der Waals surface area contributed by atoms with Gasteiger partial charge in [0.1, 0.15) is 0 Å². The molecule has 1 heterocycles. The molecule has 0 bridgehead atoms. The van der Waals surface area contributed by atoms with Crippen molar-refractivity contribution < 1.29 is 0 Å². The lowest BCUT2D eigenvalue weighted by Gasteiger charge is -2.32. The minimum Gasteiger partial charge on any atom is -0.311 e. The molecular weight excluding hydrogens is 228 g/mol. The average molecular weight is 252 g/mol. The predicted molar refractivity (Wildman–Crippen MR) is 74.4 cm³/mol. The standard InChI is InChI=1S/C14H24N2S/c1-4-11-5-7-12(8-6-11)14(15-3)13-9-17-10(2)16-13/h9,11-12,14-15H,4-8H2,1-3H3. The summed E-state index contributed by atoms with van der Waals surface area (Å²) in [5, 5.41) is 6.89. The first kappa shape index (κ1) is 13.0. The van der Waals surface area contributed by atoms with Gasteiger partial charge in [-0.1, -0.05) is 26.2 Å². The lowest BCUT2D eigenvalue weighted by atomic mass is 9.77.